The molecule has 0 aromatic carbocycles. The molecular formula is C12H15BrN6O. The maximum atomic E-state index is 11.4. The van der Waals surface area contributed by atoms with Crippen molar-refractivity contribution in [1.29, 1.82) is 0 Å². The van der Waals surface area contributed by atoms with Crippen molar-refractivity contribution in [3.05, 3.63) is 28.1 Å². The van der Waals surface area contributed by atoms with E-state index in [-0.39, 0.29) is 11.7 Å². The van der Waals surface area contributed by atoms with Crippen molar-refractivity contribution in [3.63, 3.8) is 0 Å². The van der Waals surface area contributed by atoms with E-state index in [4.69, 9.17) is 5.73 Å². The van der Waals surface area contributed by atoms with Gasteiger partial charge in [-0.05, 0) is 29.3 Å². The standard InChI is InChI=1S/C12H15BrN6O/c1-2-18-6-7(5-16-18)8-3-4-15-12-9(13)10(11(14)20)17-19(8)12/h5-6,8,15H,2-4H2,1H3,(H2,14,20). The second-order valence-electron chi connectivity index (χ2n) is 4.68. The van der Waals surface area contributed by atoms with Gasteiger partial charge in [0.1, 0.15) is 5.82 Å². The lowest BCUT2D eigenvalue weighted by molar-refractivity contribution is 0.0994. The summed E-state index contributed by atoms with van der Waals surface area (Å²) < 4.78 is 4.31. The zero-order chi connectivity index (χ0) is 14.3. The lowest BCUT2D eigenvalue weighted by atomic mass is 10.1. The number of hydrogen-bond acceptors (Lipinski definition) is 4. The molecule has 3 N–H and O–H groups in total. The van der Waals surface area contributed by atoms with Crippen LogP contribution in [0.5, 0.6) is 0 Å². The van der Waals surface area contributed by atoms with E-state index in [9.17, 15) is 4.79 Å². The van der Waals surface area contributed by atoms with Crippen LogP contribution in [-0.2, 0) is 6.54 Å². The number of hydrogen-bond donors (Lipinski definition) is 2. The third-order valence-electron chi connectivity index (χ3n) is 3.45. The van der Waals surface area contributed by atoms with Gasteiger partial charge < -0.3 is 11.1 Å². The molecule has 0 aliphatic carbocycles. The summed E-state index contributed by atoms with van der Waals surface area (Å²) in [5.74, 6) is 0.253. The van der Waals surface area contributed by atoms with E-state index in [1.807, 2.05) is 28.7 Å². The van der Waals surface area contributed by atoms with Gasteiger partial charge in [-0.1, -0.05) is 0 Å². The molecule has 20 heavy (non-hydrogen) atoms. The molecule has 1 amide bonds. The van der Waals surface area contributed by atoms with Crippen molar-refractivity contribution >= 4 is 27.7 Å². The molecule has 3 rings (SSSR count). The fourth-order valence-corrected chi connectivity index (χ4v) is 3.03. The van der Waals surface area contributed by atoms with Crippen molar-refractivity contribution in [2.24, 2.45) is 5.73 Å². The summed E-state index contributed by atoms with van der Waals surface area (Å²) >= 11 is 3.39. The highest BCUT2D eigenvalue weighted by Crippen LogP contribution is 2.35. The number of carbonyl (C=O) groups excluding carboxylic acids is 1. The van der Waals surface area contributed by atoms with Crippen LogP contribution in [0, 0.1) is 0 Å². The molecule has 2 aromatic heterocycles. The van der Waals surface area contributed by atoms with E-state index < -0.39 is 5.91 Å². The summed E-state index contributed by atoms with van der Waals surface area (Å²) in [5.41, 5.74) is 6.68. The number of aryl methyl sites for hydroxylation is 1. The third-order valence-corrected chi connectivity index (χ3v) is 4.20. The van der Waals surface area contributed by atoms with Gasteiger partial charge in [-0.25, -0.2) is 4.68 Å². The van der Waals surface area contributed by atoms with Gasteiger partial charge in [-0.2, -0.15) is 10.2 Å². The van der Waals surface area contributed by atoms with Crippen molar-refractivity contribution in [2.45, 2.75) is 25.9 Å². The molecular weight excluding hydrogens is 324 g/mol. The fraction of sp³-hybridized carbons (Fsp3) is 0.417. The van der Waals surface area contributed by atoms with Crippen LogP contribution in [0.1, 0.15) is 35.4 Å². The van der Waals surface area contributed by atoms with Crippen molar-refractivity contribution < 1.29 is 4.79 Å². The monoisotopic (exact) mass is 338 g/mol. The molecule has 1 atom stereocenters. The number of halogens is 1. The predicted octanol–water partition coefficient (Wildman–Crippen LogP) is 1.37. The summed E-state index contributed by atoms with van der Waals surface area (Å²) in [5, 5.41) is 11.9. The number of nitrogens with one attached hydrogen (secondary N) is 1. The molecule has 2 aromatic rings. The van der Waals surface area contributed by atoms with Crippen LogP contribution >= 0.6 is 15.9 Å². The van der Waals surface area contributed by atoms with Gasteiger partial charge in [-0.3, -0.25) is 9.48 Å². The van der Waals surface area contributed by atoms with Crippen molar-refractivity contribution in [1.82, 2.24) is 19.6 Å². The first-order chi connectivity index (χ1) is 9.61. The first kappa shape index (κ1) is 13.2. The Bertz CT molecular complexity index is 661. The summed E-state index contributed by atoms with van der Waals surface area (Å²) in [4.78, 5) is 11.4. The van der Waals surface area contributed by atoms with Gasteiger partial charge in [0.25, 0.3) is 5.91 Å². The number of carbonyl (C=O) groups is 1. The quantitative estimate of drug-likeness (QED) is 0.884. The molecule has 0 saturated carbocycles. The lowest BCUT2D eigenvalue weighted by Crippen LogP contribution is -2.24. The number of anilines is 1. The van der Waals surface area contributed by atoms with E-state index in [0.717, 1.165) is 30.9 Å². The minimum atomic E-state index is -0.538. The Morgan fingerprint density at radius 2 is 2.45 bits per heavy atom. The highest BCUT2D eigenvalue weighted by molar-refractivity contribution is 9.10. The summed E-state index contributed by atoms with van der Waals surface area (Å²) in [7, 11) is 0. The zero-order valence-electron chi connectivity index (χ0n) is 11.0. The average molecular weight is 339 g/mol. The van der Waals surface area contributed by atoms with Gasteiger partial charge >= 0.3 is 0 Å². The number of primary amides is 1. The van der Waals surface area contributed by atoms with Gasteiger partial charge in [0, 0.05) is 24.8 Å². The second kappa shape index (κ2) is 4.93. The summed E-state index contributed by atoms with van der Waals surface area (Å²) in [6.07, 6.45) is 4.75. The molecule has 7 nitrogen and oxygen atoms in total. The second-order valence-corrected chi connectivity index (χ2v) is 5.47. The third kappa shape index (κ3) is 2.00. The molecule has 3 heterocycles. The molecule has 0 radical (unpaired) electrons. The molecule has 0 bridgehead atoms. The van der Waals surface area contributed by atoms with Crippen LogP contribution in [0.2, 0.25) is 0 Å². The van der Waals surface area contributed by atoms with Gasteiger partial charge in [-0.15, -0.1) is 0 Å². The Labute approximate surface area is 124 Å². The Morgan fingerprint density at radius 3 is 3.10 bits per heavy atom. The van der Waals surface area contributed by atoms with Crippen LogP contribution in [0.15, 0.2) is 16.9 Å². The highest BCUT2D eigenvalue weighted by Gasteiger charge is 2.28. The van der Waals surface area contributed by atoms with E-state index >= 15 is 0 Å². The minimum Gasteiger partial charge on any atom is -0.369 e. The molecule has 8 heteroatoms. The van der Waals surface area contributed by atoms with Crippen LogP contribution < -0.4 is 11.1 Å². The Morgan fingerprint density at radius 1 is 1.65 bits per heavy atom. The Balaban J connectivity index is 2.05. The van der Waals surface area contributed by atoms with Crippen molar-refractivity contribution in [3.8, 4) is 0 Å². The number of amides is 1. The zero-order valence-corrected chi connectivity index (χ0v) is 12.6. The van der Waals surface area contributed by atoms with Crippen LogP contribution in [-0.4, -0.2) is 32.0 Å². The normalized spacial score (nSPS) is 17.6. The summed E-state index contributed by atoms with van der Waals surface area (Å²) in [6.45, 7) is 3.68. The Kier molecular flexibility index (Phi) is 3.25. The van der Waals surface area contributed by atoms with Crippen LogP contribution in [0.25, 0.3) is 0 Å². The van der Waals surface area contributed by atoms with Gasteiger partial charge in [0.2, 0.25) is 0 Å². The number of rotatable bonds is 3. The molecule has 1 unspecified atom stereocenters. The smallest absolute Gasteiger partial charge is 0.270 e. The van der Waals surface area contributed by atoms with Gasteiger partial charge in [0.05, 0.1) is 16.7 Å². The first-order valence-corrected chi connectivity index (χ1v) is 7.25. The first-order valence-electron chi connectivity index (χ1n) is 6.45. The molecule has 1 aliphatic rings. The SMILES string of the molecule is CCn1cc(C2CCNc3c(Br)c(C(N)=O)nn32)cn1. The molecule has 1 aliphatic heterocycles. The summed E-state index contributed by atoms with van der Waals surface area (Å²) in [6, 6.07) is 0.0657. The van der Waals surface area contributed by atoms with Crippen LogP contribution in [0.3, 0.4) is 0 Å². The Hall–Kier alpha value is -1.83. The number of nitrogens with two attached hydrogens (primary N) is 1. The number of fused-ring (bicyclic) bond motifs is 1. The van der Waals surface area contributed by atoms with E-state index in [1.165, 1.54) is 0 Å². The van der Waals surface area contributed by atoms with Crippen molar-refractivity contribution in [2.75, 3.05) is 11.9 Å². The molecule has 0 saturated heterocycles. The minimum absolute atomic E-state index is 0.0657. The van der Waals surface area contributed by atoms with E-state index in [1.54, 1.807) is 0 Å². The van der Waals surface area contributed by atoms with Crippen LogP contribution in [0.4, 0.5) is 5.82 Å². The topological polar surface area (TPSA) is 90.8 Å². The largest absolute Gasteiger partial charge is 0.369 e. The number of nitrogens with zero attached hydrogens (tertiary/aromatic N) is 4. The maximum absolute atomic E-state index is 11.4. The van der Waals surface area contributed by atoms with Gasteiger partial charge in [0.15, 0.2) is 5.69 Å². The molecule has 0 spiro atoms. The average Bonchev–Trinajstić information content (AvgIpc) is 3.03. The number of aromatic nitrogens is 4. The molecule has 106 valence electrons. The predicted molar refractivity (Wildman–Crippen MR) is 77.6 cm³/mol. The maximum Gasteiger partial charge on any atom is 0.270 e. The molecule has 0 fully saturated rings. The highest BCUT2D eigenvalue weighted by atomic mass is 79.9. The lowest BCUT2D eigenvalue weighted by Gasteiger charge is -2.25. The van der Waals surface area contributed by atoms with E-state index in [0.29, 0.717) is 4.47 Å². The fourth-order valence-electron chi connectivity index (χ4n) is 2.44. The van der Waals surface area contributed by atoms with E-state index in [2.05, 4.69) is 31.4 Å².